The Hall–Kier alpha value is -0.860. The monoisotopic (exact) mass is 216 g/mol. The van der Waals surface area contributed by atoms with Gasteiger partial charge in [0.05, 0.1) is 6.04 Å². The zero-order chi connectivity index (χ0) is 11.0. The molecule has 1 aromatic carbocycles. The summed E-state index contributed by atoms with van der Waals surface area (Å²) in [6.07, 6.45) is 3.93. The number of hydrogen-bond donors (Lipinski definition) is 1. The zero-order valence-electron chi connectivity index (χ0n) is 9.95. The van der Waals surface area contributed by atoms with Crippen LogP contribution < -0.4 is 5.32 Å². The van der Waals surface area contributed by atoms with Gasteiger partial charge in [0, 0.05) is 6.04 Å². The van der Waals surface area contributed by atoms with Gasteiger partial charge in [-0.2, -0.15) is 0 Å². The number of fused-ring (bicyclic) bond motifs is 1. The molecule has 0 radical (unpaired) electrons. The van der Waals surface area contributed by atoms with Gasteiger partial charge in [0.1, 0.15) is 0 Å². The van der Waals surface area contributed by atoms with Crippen LogP contribution in [0.4, 0.5) is 0 Å². The molecule has 0 aromatic heterocycles. The molecule has 86 valence electrons. The highest BCUT2D eigenvalue weighted by molar-refractivity contribution is 5.37. The van der Waals surface area contributed by atoms with E-state index < -0.39 is 0 Å². The molecule has 0 amide bonds. The van der Waals surface area contributed by atoms with Crippen molar-refractivity contribution in [2.24, 2.45) is 0 Å². The molecule has 1 fully saturated rings. The summed E-state index contributed by atoms with van der Waals surface area (Å²) in [7, 11) is 2.10. The van der Waals surface area contributed by atoms with Gasteiger partial charge in [-0.25, -0.2) is 0 Å². The molecule has 2 aliphatic rings. The minimum absolute atomic E-state index is 0.607. The lowest BCUT2D eigenvalue weighted by Crippen LogP contribution is -2.39. The molecule has 2 nitrogen and oxygen atoms in total. The fourth-order valence-corrected chi connectivity index (χ4v) is 3.30. The maximum Gasteiger partial charge on any atom is 0.0507 e. The summed E-state index contributed by atoms with van der Waals surface area (Å²) in [6.45, 7) is 2.55. The lowest BCUT2D eigenvalue weighted by atomic mass is 10.1. The fraction of sp³-hybridized carbons (Fsp3) is 0.571. The minimum Gasteiger partial charge on any atom is -0.315 e. The smallest absolute Gasteiger partial charge is 0.0507 e. The predicted molar refractivity (Wildman–Crippen MR) is 66.5 cm³/mol. The van der Waals surface area contributed by atoms with E-state index >= 15 is 0 Å². The summed E-state index contributed by atoms with van der Waals surface area (Å²) in [6, 6.07) is 10.2. The summed E-state index contributed by atoms with van der Waals surface area (Å²) in [5.74, 6) is 0. The molecular weight excluding hydrogens is 196 g/mol. The Bertz CT molecular complexity index is 367. The van der Waals surface area contributed by atoms with Crippen LogP contribution in [0.5, 0.6) is 0 Å². The Balaban J connectivity index is 1.94. The maximum atomic E-state index is 3.50. The fourth-order valence-electron chi connectivity index (χ4n) is 3.30. The van der Waals surface area contributed by atoms with Crippen LogP contribution in [0.2, 0.25) is 0 Å². The Kier molecular flexibility index (Phi) is 2.70. The number of nitrogens with one attached hydrogen (secondary N) is 1. The first-order chi connectivity index (χ1) is 7.90. The Labute approximate surface area is 97.6 Å². The summed E-state index contributed by atoms with van der Waals surface area (Å²) in [5, 5.41) is 3.50. The molecule has 1 N–H and O–H groups in total. The first-order valence-corrected chi connectivity index (χ1v) is 6.39. The van der Waals surface area contributed by atoms with E-state index in [-0.39, 0.29) is 0 Å². The summed E-state index contributed by atoms with van der Waals surface area (Å²) >= 11 is 0. The van der Waals surface area contributed by atoms with Gasteiger partial charge in [0.15, 0.2) is 0 Å². The molecule has 0 unspecified atom stereocenters. The predicted octanol–water partition coefficient (Wildman–Crippen LogP) is 1.97. The zero-order valence-corrected chi connectivity index (χ0v) is 9.95. The van der Waals surface area contributed by atoms with Crippen LogP contribution in [0.1, 0.15) is 30.0 Å². The van der Waals surface area contributed by atoms with Crippen molar-refractivity contribution in [1.82, 2.24) is 10.2 Å². The maximum absolute atomic E-state index is 3.50. The highest BCUT2D eigenvalue weighted by atomic mass is 15.2. The highest BCUT2D eigenvalue weighted by Gasteiger charge is 2.36. The van der Waals surface area contributed by atoms with Crippen LogP contribution in [-0.2, 0) is 6.42 Å². The van der Waals surface area contributed by atoms with Gasteiger partial charge in [-0.3, -0.25) is 4.90 Å². The normalized spacial score (nSPS) is 29.6. The van der Waals surface area contributed by atoms with Crippen LogP contribution in [0.15, 0.2) is 24.3 Å². The molecule has 0 spiro atoms. The van der Waals surface area contributed by atoms with Crippen LogP contribution in [-0.4, -0.2) is 31.1 Å². The van der Waals surface area contributed by atoms with Gasteiger partial charge in [-0.15, -0.1) is 0 Å². The van der Waals surface area contributed by atoms with E-state index in [1.165, 1.54) is 32.4 Å². The van der Waals surface area contributed by atoms with Crippen molar-refractivity contribution in [1.29, 1.82) is 0 Å². The van der Waals surface area contributed by atoms with Crippen LogP contribution >= 0.6 is 0 Å². The standard InChI is InChI=1S/C14H20N2/c1-15-13-10-11-6-2-3-7-12(11)14(13)16-8-4-5-9-16/h2-3,6-7,13-15H,4-5,8-10H2,1H3/t13-,14+/m0/s1. The van der Waals surface area contributed by atoms with Crippen LogP contribution in [0.3, 0.4) is 0 Å². The van der Waals surface area contributed by atoms with E-state index in [9.17, 15) is 0 Å². The van der Waals surface area contributed by atoms with Crippen molar-refractivity contribution < 1.29 is 0 Å². The van der Waals surface area contributed by atoms with E-state index in [4.69, 9.17) is 0 Å². The number of nitrogens with zero attached hydrogens (tertiary/aromatic N) is 1. The second-order valence-corrected chi connectivity index (χ2v) is 4.99. The third kappa shape index (κ3) is 1.57. The molecule has 16 heavy (non-hydrogen) atoms. The van der Waals surface area contributed by atoms with Gasteiger partial charge in [0.25, 0.3) is 0 Å². The van der Waals surface area contributed by atoms with Crippen molar-refractivity contribution in [3.8, 4) is 0 Å². The number of rotatable bonds is 2. The molecule has 2 heteroatoms. The van der Waals surface area contributed by atoms with Gasteiger partial charge in [-0.05, 0) is 50.5 Å². The quantitative estimate of drug-likeness (QED) is 0.813. The van der Waals surface area contributed by atoms with E-state index in [0.29, 0.717) is 12.1 Å². The van der Waals surface area contributed by atoms with Gasteiger partial charge in [-0.1, -0.05) is 24.3 Å². The Morgan fingerprint density at radius 3 is 2.69 bits per heavy atom. The molecule has 2 atom stereocenters. The molecule has 3 rings (SSSR count). The van der Waals surface area contributed by atoms with Crippen molar-refractivity contribution in [2.75, 3.05) is 20.1 Å². The first kappa shape index (κ1) is 10.3. The number of likely N-dealkylation sites (N-methyl/N-ethyl adjacent to an activating group) is 1. The number of likely N-dealkylation sites (tertiary alicyclic amines) is 1. The molecule has 1 aliphatic carbocycles. The van der Waals surface area contributed by atoms with Crippen LogP contribution in [0, 0.1) is 0 Å². The third-order valence-corrected chi connectivity index (χ3v) is 4.10. The highest BCUT2D eigenvalue weighted by Crippen LogP contribution is 2.37. The van der Waals surface area contributed by atoms with Crippen molar-refractivity contribution >= 4 is 0 Å². The SMILES string of the molecule is CN[C@H]1Cc2ccccc2[C@H]1N1CCCC1. The van der Waals surface area contributed by atoms with Gasteiger partial charge >= 0.3 is 0 Å². The molecule has 1 heterocycles. The number of hydrogen-bond acceptors (Lipinski definition) is 2. The van der Waals surface area contributed by atoms with E-state index in [2.05, 4.69) is 41.5 Å². The third-order valence-electron chi connectivity index (χ3n) is 4.10. The topological polar surface area (TPSA) is 15.3 Å². The summed E-state index contributed by atoms with van der Waals surface area (Å²) in [4.78, 5) is 2.66. The van der Waals surface area contributed by atoms with Crippen LogP contribution in [0.25, 0.3) is 0 Å². The number of benzene rings is 1. The minimum atomic E-state index is 0.607. The molecule has 1 aromatic rings. The van der Waals surface area contributed by atoms with Gasteiger partial charge < -0.3 is 5.32 Å². The lowest BCUT2D eigenvalue weighted by molar-refractivity contribution is 0.210. The second-order valence-electron chi connectivity index (χ2n) is 4.99. The average molecular weight is 216 g/mol. The summed E-state index contributed by atoms with van der Waals surface area (Å²) < 4.78 is 0. The lowest BCUT2D eigenvalue weighted by Gasteiger charge is -2.29. The van der Waals surface area contributed by atoms with E-state index in [1.807, 2.05) is 0 Å². The average Bonchev–Trinajstić information content (AvgIpc) is 2.94. The molecule has 1 saturated heterocycles. The Morgan fingerprint density at radius 2 is 1.94 bits per heavy atom. The van der Waals surface area contributed by atoms with E-state index in [1.54, 1.807) is 11.1 Å². The molecular formula is C14H20N2. The van der Waals surface area contributed by atoms with Crippen molar-refractivity contribution in [2.45, 2.75) is 31.3 Å². The van der Waals surface area contributed by atoms with E-state index in [0.717, 1.165) is 0 Å². The van der Waals surface area contributed by atoms with Crippen molar-refractivity contribution in [3.05, 3.63) is 35.4 Å². The Morgan fingerprint density at radius 1 is 1.19 bits per heavy atom. The second kappa shape index (κ2) is 4.19. The molecule has 1 aliphatic heterocycles. The van der Waals surface area contributed by atoms with Gasteiger partial charge in [0.2, 0.25) is 0 Å². The van der Waals surface area contributed by atoms with Crippen molar-refractivity contribution in [3.63, 3.8) is 0 Å². The molecule has 0 bridgehead atoms. The first-order valence-electron chi connectivity index (χ1n) is 6.39. The largest absolute Gasteiger partial charge is 0.315 e. The molecule has 0 saturated carbocycles. The summed E-state index contributed by atoms with van der Waals surface area (Å²) in [5.41, 5.74) is 3.10.